The first-order chi connectivity index (χ1) is 9.78. The largest absolute Gasteiger partial charge is 0.497 e. The molecule has 1 aromatic heterocycles. The van der Waals surface area contributed by atoms with Crippen LogP contribution in [0.25, 0.3) is 11.5 Å². The predicted octanol–water partition coefficient (Wildman–Crippen LogP) is 2.01. The number of rotatable bonds is 6. The van der Waals surface area contributed by atoms with Crippen LogP contribution < -0.4 is 14.8 Å². The zero-order valence-corrected chi connectivity index (χ0v) is 11.5. The monoisotopic (exact) mass is 275 g/mol. The van der Waals surface area contributed by atoms with Crippen LogP contribution in [-0.2, 0) is 6.54 Å². The van der Waals surface area contributed by atoms with Gasteiger partial charge in [-0.05, 0) is 25.0 Å². The van der Waals surface area contributed by atoms with E-state index in [-0.39, 0.29) is 0 Å². The topological polar surface area (TPSA) is 69.4 Å². The molecule has 0 unspecified atom stereocenters. The number of nitrogens with zero attached hydrogens (tertiary/aromatic N) is 2. The zero-order valence-electron chi connectivity index (χ0n) is 11.5. The molecule has 1 heterocycles. The summed E-state index contributed by atoms with van der Waals surface area (Å²) in [7, 11) is 3.22. The van der Waals surface area contributed by atoms with Crippen LogP contribution in [0.15, 0.2) is 22.7 Å². The summed E-state index contributed by atoms with van der Waals surface area (Å²) in [5.74, 6) is 2.51. The fourth-order valence-electron chi connectivity index (χ4n) is 1.90. The SMILES string of the molecule is COc1cc(OC)cc(-c2nc(CNC3CC3)no2)c1. The molecule has 0 spiro atoms. The second kappa shape index (κ2) is 5.50. The van der Waals surface area contributed by atoms with Crippen LogP contribution in [-0.4, -0.2) is 30.4 Å². The average Bonchev–Trinajstić information content (AvgIpc) is 3.20. The molecule has 20 heavy (non-hydrogen) atoms. The van der Waals surface area contributed by atoms with Crippen molar-refractivity contribution in [3.63, 3.8) is 0 Å². The van der Waals surface area contributed by atoms with Crippen molar-refractivity contribution >= 4 is 0 Å². The molecule has 106 valence electrons. The number of methoxy groups -OCH3 is 2. The standard InChI is InChI=1S/C14H17N3O3/c1-18-11-5-9(6-12(7-11)19-2)14-16-13(17-20-14)8-15-10-3-4-10/h5-7,10,15H,3-4,8H2,1-2H3. The highest BCUT2D eigenvalue weighted by molar-refractivity contribution is 5.59. The number of nitrogens with one attached hydrogen (secondary N) is 1. The first-order valence-electron chi connectivity index (χ1n) is 6.58. The van der Waals surface area contributed by atoms with Gasteiger partial charge in [0.15, 0.2) is 5.82 Å². The minimum Gasteiger partial charge on any atom is -0.497 e. The third kappa shape index (κ3) is 2.91. The van der Waals surface area contributed by atoms with E-state index in [1.165, 1.54) is 12.8 Å². The molecular formula is C14H17N3O3. The number of hydrogen-bond donors (Lipinski definition) is 1. The zero-order chi connectivity index (χ0) is 13.9. The maximum atomic E-state index is 5.29. The molecule has 0 atom stereocenters. The molecule has 1 saturated carbocycles. The summed E-state index contributed by atoms with van der Waals surface area (Å²) in [6.07, 6.45) is 2.47. The van der Waals surface area contributed by atoms with Gasteiger partial charge in [-0.1, -0.05) is 5.16 Å². The summed E-state index contributed by atoms with van der Waals surface area (Å²) in [5, 5.41) is 7.32. The van der Waals surface area contributed by atoms with E-state index < -0.39 is 0 Å². The molecule has 0 amide bonds. The van der Waals surface area contributed by atoms with Crippen molar-refractivity contribution in [2.24, 2.45) is 0 Å². The van der Waals surface area contributed by atoms with Gasteiger partial charge in [0.25, 0.3) is 5.89 Å². The fourth-order valence-corrected chi connectivity index (χ4v) is 1.90. The molecule has 3 rings (SSSR count). The van der Waals surface area contributed by atoms with E-state index in [9.17, 15) is 0 Å². The van der Waals surface area contributed by atoms with Gasteiger partial charge in [0, 0.05) is 17.7 Å². The molecule has 1 aliphatic rings. The molecular weight excluding hydrogens is 258 g/mol. The van der Waals surface area contributed by atoms with E-state index in [4.69, 9.17) is 14.0 Å². The first-order valence-corrected chi connectivity index (χ1v) is 6.58. The van der Waals surface area contributed by atoms with Gasteiger partial charge in [-0.3, -0.25) is 0 Å². The summed E-state index contributed by atoms with van der Waals surface area (Å²) >= 11 is 0. The molecule has 1 fully saturated rings. The average molecular weight is 275 g/mol. The molecule has 0 aliphatic heterocycles. The highest BCUT2D eigenvalue weighted by atomic mass is 16.5. The normalized spacial score (nSPS) is 14.3. The van der Waals surface area contributed by atoms with Gasteiger partial charge in [0.1, 0.15) is 11.5 Å². The summed E-state index contributed by atoms with van der Waals surface area (Å²) in [6.45, 7) is 0.634. The minimum absolute atomic E-state index is 0.467. The molecule has 2 aromatic rings. The Morgan fingerprint density at radius 2 is 1.90 bits per heavy atom. The van der Waals surface area contributed by atoms with Crippen molar-refractivity contribution in [1.29, 1.82) is 0 Å². The van der Waals surface area contributed by atoms with Crippen LogP contribution in [0, 0.1) is 0 Å². The first kappa shape index (κ1) is 12.9. The number of aromatic nitrogens is 2. The smallest absolute Gasteiger partial charge is 0.258 e. The van der Waals surface area contributed by atoms with Crippen LogP contribution in [0.4, 0.5) is 0 Å². The Bertz CT molecular complexity index is 571. The Hall–Kier alpha value is -2.08. The van der Waals surface area contributed by atoms with Crippen LogP contribution in [0.5, 0.6) is 11.5 Å². The van der Waals surface area contributed by atoms with E-state index in [0.717, 1.165) is 5.56 Å². The van der Waals surface area contributed by atoms with Gasteiger partial charge in [-0.25, -0.2) is 0 Å². The molecule has 0 saturated heterocycles. The van der Waals surface area contributed by atoms with Crippen molar-refractivity contribution in [3.05, 3.63) is 24.0 Å². The van der Waals surface area contributed by atoms with Crippen LogP contribution in [0.1, 0.15) is 18.7 Å². The van der Waals surface area contributed by atoms with Gasteiger partial charge >= 0.3 is 0 Å². The van der Waals surface area contributed by atoms with Gasteiger partial charge in [-0.15, -0.1) is 0 Å². The second-order valence-electron chi connectivity index (χ2n) is 4.77. The summed E-state index contributed by atoms with van der Waals surface area (Å²) in [6, 6.07) is 6.10. The Balaban J connectivity index is 1.80. The van der Waals surface area contributed by atoms with Crippen LogP contribution in [0.2, 0.25) is 0 Å². The fraction of sp³-hybridized carbons (Fsp3) is 0.429. The minimum atomic E-state index is 0.467. The molecule has 1 aliphatic carbocycles. The molecule has 0 radical (unpaired) electrons. The number of benzene rings is 1. The lowest BCUT2D eigenvalue weighted by molar-refractivity contribution is 0.392. The molecule has 6 nitrogen and oxygen atoms in total. The van der Waals surface area contributed by atoms with Gasteiger partial charge < -0.3 is 19.3 Å². The Kier molecular flexibility index (Phi) is 3.56. The third-order valence-electron chi connectivity index (χ3n) is 3.19. The highest BCUT2D eigenvalue weighted by Crippen LogP contribution is 2.28. The van der Waals surface area contributed by atoms with Gasteiger partial charge in [0.2, 0.25) is 0 Å². The lowest BCUT2D eigenvalue weighted by Crippen LogP contribution is -2.16. The van der Waals surface area contributed by atoms with Crippen molar-refractivity contribution in [1.82, 2.24) is 15.5 Å². The van der Waals surface area contributed by atoms with Crippen LogP contribution in [0.3, 0.4) is 0 Å². The lowest BCUT2D eigenvalue weighted by atomic mass is 10.2. The number of ether oxygens (including phenoxy) is 2. The molecule has 1 aromatic carbocycles. The second-order valence-corrected chi connectivity index (χ2v) is 4.77. The van der Waals surface area contributed by atoms with E-state index in [1.54, 1.807) is 20.3 Å². The highest BCUT2D eigenvalue weighted by Gasteiger charge is 2.21. The van der Waals surface area contributed by atoms with Gasteiger partial charge in [0.05, 0.1) is 20.8 Å². The third-order valence-corrected chi connectivity index (χ3v) is 3.19. The Morgan fingerprint density at radius 1 is 1.20 bits per heavy atom. The summed E-state index contributed by atoms with van der Waals surface area (Å²) in [4.78, 5) is 4.38. The van der Waals surface area contributed by atoms with E-state index >= 15 is 0 Å². The molecule has 0 bridgehead atoms. The van der Waals surface area contributed by atoms with Crippen molar-refractivity contribution in [2.75, 3.05) is 14.2 Å². The maximum absolute atomic E-state index is 5.29. The molecule has 1 N–H and O–H groups in total. The van der Waals surface area contributed by atoms with E-state index in [2.05, 4.69) is 15.5 Å². The quantitative estimate of drug-likeness (QED) is 0.869. The van der Waals surface area contributed by atoms with E-state index in [1.807, 2.05) is 12.1 Å². The van der Waals surface area contributed by atoms with Crippen molar-refractivity contribution < 1.29 is 14.0 Å². The van der Waals surface area contributed by atoms with E-state index in [0.29, 0.717) is 35.8 Å². The predicted molar refractivity (Wildman–Crippen MR) is 72.7 cm³/mol. The van der Waals surface area contributed by atoms with Crippen LogP contribution >= 0.6 is 0 Å². The Labute approximate surface area is 117 Å². The number of hydrogen-bond acceptors (Lipinski definition) is 6. The summed E-state index contributed by atoms with van der Waals surface area (Å²) < 4.78 is 15.8. The van der Waals surface area contributed by atoms with Crippen molar-refractivity contribution in [2.45, 2.75) is 25.4 Å². The summed E-state index contributed by atoms with van der Waals surface area (Å²) in [5.41, 5.74) is 0.784. The lowest BCUT2D eigenvalue weighted by Gasteiger charge is -2.05. The molecule has 6 heteroatoms. The van der Waals surface area contributed by atoms with Gasteiger partial charge in [-0.2, -0.15) is 4.98 Å². The van der Waals surface area contributed by atoms with Crippen molar-refractivity contribution in [3.8, 4) is 23.0 Å². The maximum Gasteiger partial charge on any atom is 0.258 e. The Morgan fingerprint density at radius 3 is 2.50 bits per heavy atom.